The smallest absolute Gasteiger partial charge is 0.490 e. The number of ether oxygens (including phenoxy) is 1. The monoisotopic (exact) mass is 547 g/mol. The van der Waals surface area contributed by atoms with Crippen molar-refractivity contribution >= 4 is 33.3 Å². The molecule has 0 aliphatic carbocycles. The maximum absolute atomic E-state index is 13.0. The van der Waals surface area contributed by atoms with Crippen LogP contribution in [0.25, 0.3) is 0 Å². The van der Waals surface area contributed by atoms with Crippen molar-refractivity contribution in [3.63, 3.8) is 0 Å². The van der Waals surface area contributed by atoms with Gasteiger partial charge in [-0.3, -0.25) is 4.72 Å². The van der Waals surface area contributed by atoms with Crippen molar-refractivity contribution in [3.05, 3.63) is 48.0 Å². The minimum atomic E-state index is -5.08. The maximum atomic E-state index is 13.0. The number of sulfonamides is 1. The number of aromatic carboxylic acids is 1. The maximum Gasteiger partial charge on any atom is 0.490 e. The lowest BCUT2D eigenvalue weighted by Crippen LogP contribution is -2.46. The molecule has 204 valence electrons. The number of benzene rings is 2. The molecule has 0 radical (unpaired) electrons. The molecule has 1 heterocycles. The van der Waals surface area contributed by atoms with Crippen molar-refractivity contribution < 1.29 is 46.1 Å². The summed E-state index contributed by atoms with van der Waals surface area (Å²) in [4.78, 5) is 24.8. The van der Waals surface area contributed by atoms with Crippen molar-refractivity contribution in [3.8, 4) is 5.75 Å². The molecule has 0 bridgehead atoms. The molecule has 3 N–H and O–H groups in total. The highest BCUT2D eigenvalue weighted by atomic mass is 32.2. The summed E-state index contributed by atoms with van der Waals surface area (Å²) in [5.74, 6) is -3.29. The van der Waals surface area contributed by atoms with Gasteiger partial charge in [-0.1, -0.05) is 6.92 Å². The highest BCUT2D eigenvalue weighted by Gasteiger charge is 2.38. The number of alkyl halides is 3. The van der Waals surface area contributed by atoms with Crippen LogP contribution in [-0.4, -0.2) is 81.0 Å². The molecule has 0 saturated carbocycles. The van der Waals surface area contributed by atoms with Gasteiger partial charge in [0.05, 0.1) is 28.4 Å². The molecule has 1 aliphatic rings. The van der Waals surface area contributed by atoms with Gasteiger partial charge in [0.1, 0.15) is 5.75 Å². The quantitative estimate of drug-likeness (QED) is 0.454. The normalized spacial score (nSPS) is 14.4. The highest BCUT2D eigenvalue weighted by molar-refractivity contribution is 7.92. The van der Waals surface area contributed by atoms with E-state index in [0.717, 1.165) is 32.7 Å². The van der Waals surface area contributed by atoms with Gasteiger partial charge < -0.3 is 24.7 Å². The molecule has 2 aromatic carbocycles. The fourth-order valence-electron chi connectivity index (χ4n) is 3.42. The number of carboxylic acids is 2. The van der Waals surface area contributed by atoms with Crippen LogP contribution < -0.4 is 14.4 Å². The Morgan fingerprint density at radius 3 is 2.03 bits per heavy atom. The molecular formula is C23H28F3N3O7S. The molecule has 1 aliphatic heterocycles. The van der Waals surface area contributed by atoms with Crippen LogP contribution in [0, 0.1) is 0 Å². The summed E-state index contributed by atoms with van der Waals surface area (Å²) >= 11 is 0. The molecule has 0 atom stereocenters. The van der Waals surface area contributed by atoms with Gasteiger partial charge in [0.15, 0.2) is 0 Å². The number of carbonyl (C=O) groups is 2. The topological polar surface area (TPSA) is 136 Å². The predicted octanol–water partition coefficient (Wildman–Crippen LogP) is 3.36. The Morgan fingerprint density at radius 1 is 1.00 bits per heavy atom. The first-order chi connectivity index (χ1) is 17.3. The molecule has 0 spiro atoms. The molecule has 2 aromatic rings. The SMILES string of the molecule is CCOc1ccc(S(=O)(=O)Nc2cc(C(=O)O)ccc2N2CCN(CC)CC2)cc1.O=C(O)C(F)(F)F. The fourth-order valence-corrected chi connectivity index (χ4v) is 4.48. The number of likely N-dealkylation sites (N-methyl/N-ethyl adjacent to an activating group) is 1. The van der Waals surface area contributed by atoms with Gasteiger partial charge in [-0.15, -0.1) is 0 Å². The van der Waals surface area contributed by atoms with Crippen LogP contribution in [0.1, 0.15) is 24.2 Å². The number of halogens is 3. The second-order valence-corrected chi connectivity index (χ2v) is 9.45. The number of carboxylic acid groups (broad SMARTS) is 2. The number of nitrogens with one attached hydrogen (secondary N) is 1. The lowest BCUT2D eigenvalue weighted by Gasteiger charge is -2.36. The largest absolute Gasteiger partial charge is 0.494 e. The summed E-state index contributed by atoms with van der Waals surface area (Å²) in [6, 6.07) is 10.7. The highest BCUT2D eigenvalue weighted by Crippen LogP contribution is 2.31. The number of anilines is 2. The third-order valence-corrected chi connectivity index (χ3v) is 6.72. The van der Waals surface area contributed by atoms with Crippen LogP contribution in [-0.2, 0) is 14.8 Å². The van der Waals surface area contributed by atoms with E-state index >= 15 is 0 Å². The number of rotatable bonds is 8. The van der Waals surface area contributed by atoms with Gasteiger partial charge in [-0.2, -0.15) is 13.2 Å². The first kappa shape index (κ1) is 29.7. The van der Waals surface area contributed by atoms with Crippen LogP contribution in [0.5, 0.6) is 5.75 Å². The molecule has 14 heteroatoms. The van der Waals surface area contributed by atoms with E-state index < -0.39 is 28.1 Å². The molecule has 0 aromatic heterocycles. The average molecular weight is 548 g/mol. The van der Waals surface area contributed by atoms with Gasteiger partial charge in [-0.25, -0.2) is 18.0 Å². The van der Waals surface area contributed by atoms with E-state index in [1.165, 1.54) is 24.3 Å². The summed E-state index contributed by atoms with van der Waals surface area (Å²) in [6.45, 7) is 8.60. The summed E-state index contributed by atoms with van der Waals surface area (Å²) in [7, 11) is -3.90. The predicted molar refractivity (Wildman–Crippen MR) is 130 cm³/mol. The molecule has 0 amide bonds. The van der Waals surface area contributed by atoms with Crippen LogP contribution in [0.4, 0.5) is 24.5 Å². The third kappa shape index (κ3) is 8.53. The number of aliphatic carboxylic acids is 1. The van der Waals surface area contributed by atoms with Gasteiger partial charge >= 0.3 is 18.1 Å². The van der Waals surface area contributed by atoms with E-state index in [9.17, 15) is 31.5 Å². The van der Waals surface area contributed by atoms with Crippen LogP contribution in [0.2, 0.25) is 0 Å². The molecule has 0 unspecified atom stereocenters. The fraction of sp³-hybridized carbons (Fsp3) is 0.391. The van der Waals surface area contributed by atoms with Crippen molar-refractivity contribution in [1.29, 1.82) is 0 Å². The number of piperazine rings is 1. The Balaban J connectivity index is 0.000000604. The molecule has 10 nitrogen and oxygen atoms in total. The number of hydrogen-bond donors (Lipinski definition) is 3. The van der Waals surface area contributed by atoms with Gasteiger partial charge in [-0.05, 0) is 55.9 Å². The second kappa shape index (κ2) is 12.6. The van der Waals surface area contributed by atoms with Crippen LogP contribution >= 0.6 is 0 Å². The van der Waals surface area contributed by atoms with Gasteiger partial charge in [0, 0.05) is 26.2 Å². The van der Waals surface area contributed by atoms with E-state index in [-0.39, 0.29) is 16.1 Å². The molecule has 1 saturated heterocycles. The van der Waals surface area contributed by atoms with E-state index in [1.807, 2.05) is 6.92 Å². The zero-order chi connectivity index (χ0) is 27.8. The Hall–Kier alpha value is -3.52. The molecule has 1 fully saturated rings. The van der Waals surface area contributed by atoms with Crippen LogP contribution in [0.15, 0.2) is 47.4 Å². The molecule has 37 heavy (non-hydrogen) atoms. The van der Waals surface area contributed by atoms with Gasteiger partial charge in [0.2, 0.25) is 0 Å². The van der Waals surface area contributed by atoms with E-state index in [4.69, 9.17) is 14.6 Å². The van der Waals surface area contributed by atoms with Crippen molar-refractivity contribution in [2.75, 3.05) is 49.0 Å². The van der Waals surface area contributed by atoms with Crippen molar-refractivity contribution in [2.24, 2.45) is 0 Å². The van der Waals surface area contributed by atoms with E-state index in [0.29, 0.717) is 18.0 Å². The summed E-state index contributed by atoms with van der Waals surface area (Å²) in [5.41, 5.74) is 0.953. The lowest BCUT2D eigenvalue weighted by atomic mass is 10.1. The van der Waals surface area contributed by atoms with Crippen molar-refractivity contribution in [2.45, 2.75) is 24.9 Å². The first-order valence-corrected chi connectivity index (χ1v) is 12.7. The van der Waals surface area contributed by atoms with E-state index in [1.54, 1.807) is 18.2 Å². The first-order valence-electron chi connectivity index (χ1n) is 11.2. The standard InChI is InChI=1S/C21H27N3O5S.C2HF3O2/c1-3-23-11-13-24(14-12-23)20-10-5-16(21(25)26)15-19(20)22-30(27,28)18-8-6-17(7-9-18)29-4-2;3-2(4,5)1(6)7/h5-10,15,22H,3-4,11-14H2,1-2H3,(H,25,26);(H,6,7). The average Bonchev–Trinajstić information content (AvgIpc) is 2.84. The minimum absolute atomic E-state index is 0.0235. The Labute approximate surface area is 212 Å². The zero-order valence-electron chi connectivity index (χ0n) is 20.2. The minimum Gasteiger partial charge on any atom is -0.494 e. The lowest BCUT2D eigenvalue weighted by molar-refractivity contribution is -0.192. The zero-order valence-corrected chi connectivity index (χ0v) is 21.0. The van der Waals surface area contributed by atoms with Crippen LogP contribution in [0.3, 0.4) is 0 Å². The molecule has 3 rings (SSSR count). The Kier molecular flexibility index (Phi) is 10.1. The third-order valence-electron chi connectivity index (χ3n) is 5.34. The van der Waals surface area contributed by atoms with E-state index in [2.05, 4.69) is 21.4 Å². The van der Waals surface area contributed by atoms with Crippen molar-refractivity contribution in [1.82, 2.24) is 4.90 Å². The Bertz CT molecular complexity index is 1180. The summed E-state index contributed by atoms with van der Waals surface area (Å²) in [5, 5.41) is 16.5. The number of nitrogens with zero attached hydrogens (tertiary/aromatic N) is 2. The summed E-state index contributed by atoms with van der Waals surface area (Å²) < 4.78 is 65.6. The second-order valence-electron chi connectivity index (χ2n) is 7.77. The Morgan fingerprint density at radius 2 is 1.57 bits per heavy atom. The molecular weight excluding hydrogens is 519 g/mol. The summed E-state index contributed by atoms with van der Waals surface area (Å²) in [6.07, 6.45) is -5.08. The number of hydrogen-bond acceptors (Lipinski definition) is 7. The van der Waals surface area contributed by atoms with Gasteiger partial charge in [0.25, 0.3) is 10.0 Å².